The molecule has 1 atom stereocenters. The number of halogens is 1. The van der Waals surface area contributed by atoms with Crippen LogP contribution in [0.15, 0.2) is 53.8 Å². The molecule has 0 spiro atoms. The van der Waals surface area contributed by atoms with Gasteiger partial charge in [0.05, 0.1) is 16.8 Å². The van der Waals surface area contributed by atoms with E-state index in [1.807, 2.05) is 19.1 Å². The van der Waals surface area contributed by atoms with Gasteiger partial charge >= 0.3 is 0 Å². The lowest BCUT2D eigenvalue weighted by Crippen LogP contribution is -2.38. The number of benzene rings is 1. The number of fused-ring (bicyclic) bond motifs is 1. The lowest BCUT2D eigenvalue weighted by Gasteiger charge is -2.31. The Morgan fingerprint density at radius 1 is 1.34 bits per heavy atom. The minimum Gasteiger partial charge on any atom is -0.368 e. The third kappa shape index (κ3) is 3.38. The number of nitrogens with two attached hydrogens (primary N) is 1. The van der Waals surface area contributed by atoms with E-state index in [0.29, 0.717) is 23.1 Å². The largest absolute Gasteiger partial charge is 0.368 e. The van der Waals surface area contributed by atoms with Crippen LogP contribution in [0.25, 0.3) is 0 Å². The van der Waals surface area contributed by atoms with Crippen LogP contribution in [0.1, 0.15) is 39.8 Å². The molecule has 4 rings (SSSR count). The highest BCUT2D eigenvalue weighted by Crippen LogP contribution is 2.34. The summed E-state index contributed by atoms with van der Waals surface area (Å²) in [5, 5.41) is 13.0. The number of ketones is 1. The quantitative estimate of drug-likeness (QED) is 0.690. The normalized spacial score (nSPS) is 17.9. The highest BCUT2D eigenvalue weighted by molar-refractivity contribution is 5.95. The van der Waals surface area contributed by atoms with E-state index >= 15 is 0 Å². The van der Waals surface area contributed by atoms with Gasteiger partial charge in [0.1, 0.15) is 17.6 Å². The fraction of sp³-hybridized carbons (Fsp3) is 0.190. The first-order valence-corrected chi connectivity index (χ1v) is 8.96. The Kier molecular flexibility index (Phi) is 4.43. The highest BCUT2D eigenvalue weighted by Gasteiger charge is 2.35. The molecule has 2 N–H and O–H groups in total. The van der Waals surface area contributed by atoms with Gasteiger partial charge in [-0.15, -0.1) is 0 Å². The molecule has 8 heteroatoms. The molecular weight excluding hydrogens is 371 g/mol. The zero-order chi connectivity index (χ0) is 20.6. The van der Waals surface area contributed by atoms with Crippen LogP contribution < -0.4 is 5.73 Å². The first-order chi connectivity index (χ1) is 13.9. The minimum absolute atomic E-state index is 0.0549. The number of Topliss-reactive ketones (excluding diaryl/α,β-unsaturated/α-hetero) is 1. The number of carbonyl (C=O) groups excluding carboxylic acids is 1. The van der Waals surface area contributed by atoms with E-state index < -0.39 is 11.4 Å². The van der Waals surface area contributed by atoms with E-state index in [9.17, 15) is 9.18 Å². The summed E-state index contributed by atoms with van der Waals surface area (Å²) in [6.45, 7) is 1.81. The number of nitrogens with zero attached hydrogens (tertiary/aromatic N) is 5. The third-order valence-electron chi connectivity index (χ3n) is 4.98. The summed E-state index contributed by atoms with van der Waals surface area (Å²) in [5.74, 6) is -0.437. The van der Waals surface area contributed by atoms with E-state index in [1.165, 1.54) is 23.0 Å². The molecule has 0 saturated heterocycles. The number of hydrogen-bond donors (Lipinski definition) is 1. The number of aromatic nitrogens is 3. The predicted octanol–water partition coefficient (Wildman–Crippen LogP) is 2.35. The molecule has 7 nitrogen and oxygen atoms in total. The van der Waals surface area contributed by atoms with Crippen LogP contribution in [-0.2, 0) is 18.4 Å². The fourth-order valence-corrected chi connectivity index (χ4v) is 3.51. The molecule has 2 aromatic heterocycles. The molecule has 29 heavy (non-hydrogen) atoms. The van der Waals surface area contributed by atoms with Gasteiger partial charge in [0, 0.05) is 30.8 Å². The topological polar surface area (TPSA) is 110 Å². The van der Waals surface area contributed by atoms with Crippen LogP contribution in [0.3, 0.4) is 0 Å². The molecule has 1 aliphatic rings. The zero-order valence-corrected chi connectivity index (χ0v) is 15.6. The summed E-state index contributed by atoms with van der Waals surface area (Å²) in [7, 11) is 0. The second-order valence-corrected chi connectivity index (χ2v) is 7.11. The van der Waals surface area contributed by atoms with Gasteiger partial charge in [-0.2, -0.15) is 10.4 Å². The average molecular weight is 388 g/mol. The van der Waals surface area contributed by atoms with Crippen LogP contribution in [0, 0.1) is 17.1 Å². The van der Waals surface area contributed by atoms with Gasteiger partial charge in [-0.3, -0.25) is 9.78 Å². The molecule has 1 aliphatic heterocycles. The van der Waals surface area contributed by atoms with Crippen LogP contribution in [0.5, 0.6) is 0 Å². The summed E-state index contributed by atoms with van der Waals surface area (Å²) in [6.07, 6.45) is 3.46. The van der Waals surface area contributed by atoms with Crippen LogP contribution >= 0.6 is 0 Å². The fourth-order valence-electron chi connectivity index (χ4n) is 3.51. The van der Waals surface area contributed by atoms with Crippen molar-refractivity contribution in [1.29, 1.82) is 5.26 Å². The summed E-state index contributed by atoms with van der Waals surface area (Å²) >= 11 is 0. The summed E-state index contributed by atoms with van der Waals surface area (Å²) in [4.78, 5) is 21.1. The van der Waals surface area contributed by atoms with Gasteiger partial charge in [0.25, 0.3) is 0 Å². The number of hydrogen-bond acceptors (Lipinski definition) is 6. The average Bonchev–Trinajstić information content (AvgIpc) is 3.18. The number of pyridine rings is 1. The van der Waals surface area contributed by atoms with Crippen molar-refractivity contribution in [2.24, 2.45) is 10.7 Å². The second kappa shape index (κ2) is 6.95. The Labute approximate surface area is 166 Å². The monoisotopic (exact) mass is 388 g/mol. The van der Waals surface area contributed by atoms with Gasteiger partial charge in [-0.05, 0) is 42.8 Å². The molecule has 0 unspecified atom stereocenters. The molecule has 0 amide bonds. The smallest absolute Gasteiger partial charge is 0.217 e. The van der Waals surface area contributed by atoms with Crippen LogP contribution in [-0.4, -0.2) is 26.5 Å². The lowest BCUT2D eigenvalue weighted by molar-refractivity contribution is 0.0988. The zero-order valence-electron chi connectivity index (χ0n) is 15.6. The summed E-state index contributed by atoms with van der Waals surface area (Å²) in [5.41, 5.74) is 7.59. The minimum atomic E-state index is -0.907. The van der Waals surface area contributed by atoms with Gasteiger partial charge in [0.15, 0.2) is 5.78 Å². The van der Waals surface area contributed by atoms with Crippen molar-refractivity contribution in [2.75, 3.05) is 0 Å². The van der Waals surface area contributed by atoms with Gasteiger partial charge < -0.3 is 5.73 Å². The molecule has 0 bridgehead atoms. The molecule has 0 fully saturated rings. The Balaban J connectivity index is 1.63. The molecule has 3 heterocycles. The maximum atomic E-state index is 14.7. The number of nitriles is 1. The number of rotatable bonds is 4. The lowest BCUT2D eigenvalue weighted by atomic mass is 9.85. The van der Waals surface area contributed by atoms with Gasteiger partial charge in [-0.25, -0.2) is 14.1 Å². The number of aliphatic imine (C=N–C) groups is 1. The first kappa shape index (κ1) is 18.5. The number of carbonyl (C=O) groups is 1. The van der Waals surface area contributed by atoms with Crippen molar-refractivity contribution >= 4 is 11.7 Å². The van der Waals surface area contributed by atoms with Crippen molar-refractivity contribution in [3.05, 3.63) is 82.7 Å². The Morgan fingerprint density at radius 2 is 2.17 bits per heavy atom. The van der Waals surface area contributed by atoms with Crippen LogP contribution in [0.4, 0.5) is 4.39 Å². The Bertz CT molecular complexity index is 1170. The molecule has 3 aromatic rings. The third-order valence-corrected chi connectivity index (χ3v) is 4.98. The van der Waals surface area contributed by atoms with E-state index in [1.54, 1.807) is 24.4 Å². The van der Waals surface area contributed by atoms with E-state index in [0.717, 1.165) is 5.69 Å². The Hall–Kier alpha value is -3.86. The van der Waals surface area contributed by atoms with E-state index in [2.05, 4.69) is 15.1 Å². The maximum Gasteiger partial charge on any atom is 0.217 e. The second-order valence-electron chi connectivity index (χ2n) is 7.11. The highest BCUT2D eigenvalue weighted by atomic mass is 19.1. The van der Waals surface area contributed by atoms with Crippen molar-refractivity contribution in [3.63, 3.8) is 0 Å². The van der Waals surface area contributed by atoms with Crippen molar-refractivity contribution in [1.82, 2.24) is 14.8 Å². The standard InChI is InChI=1S/C21H17FN6O/c1-21(10-15-6-7-26-28(15)20(24)27-21)16-8-13(2-4-17(16)22)9-19(29)18-5-3-14(11-23)12-25-18/h2-8,12H,9-10H2,1H3,(H2,24,27)/t21-/m0/s1. The maximum absolute atomic E-state index is 14.7. The molecule has 144 valence electrons. The summed E-state index contributed by atoms with van der Waals surface area (Å²) < 4.78 is 16.2. The molecule has 0 aliphatic carbocycles. The van der Waals surface area contributed by atoms with Crippen molar-refractivity contribution in [3.8, 4) is 6.07 Å². The molecule has 0 radical (unpaired) electrons. The first-order valence-electron chi connectivity index (χ1n) is 8.96. The van der Waals surface area contributed by atoms with Crippen LogP contribution in [0.2, 0.25) is 0 Å². The predicted molar refractivity (Wildman–Crippen MR) is 104 cm³/mol. The van der Waals surface area contributed by atoms with Gasteiger partial charge in [-0.1, -0.05) is 6.07 Å². The Morgan fingerprint density at radius 3 is 2.90 bits per heavy atom. The van der Waals surface area contributed by atoms with Crippen molar-refractivity contribution in [2.45, 2.75) is 25.3 Å². The van der Waals surface area contributed by atoms with E-state index in [-0.39, 0.29) is 23.9 Å². The molecular formula is C21H17FN6O. The molecule has 1 aromatic carbocycles. The van der Waals surface area contributed by atoms with Gasteiger partial charge in [0.2, 0.25) is 5.96 Å². The molecule has 0 saturated carbocycles. The summed E-state index contributed by atoms with van der Waals surface area (Å²) in [6, 6.07) is 11.4. The SMILES string of the molecule is C[C@@]1(c2cc(CC(=O)c3ccc(C#N)cn3)ccc2F)Cc2ccnn2C(N)=N1. The van der Waals surface area contributed by atoms with E-state index in [4.69, 9.17) is 11.0 Å². The van der Waals surface area contributed by atoms with Crippen molar-refractivity contribution < 1.29 is 9.18 Å².